The fourth-order valence-electron chi connectivity index (χ4n) is 4.11. The van der Waals surface area contributed by atoms with Crippen molar-refractivity contribution in [2.45, 2.75) is 57.3 Å². The Labute approximate surface area is 116 Å². The molecule has 2 fully saturated rings. The smallest absolute Gasteiger partial charge is 0.143 e. The molecule has 0 heterocycles. The summed E-state index contributed by atoms with van der Waals surface area (Å²) in [5.41, 5.74) is 1.24. The number of hydrogen-bond donors (Lipinski definition) is 0. The molecule has 0 bridgehead atoms. The third-order valence-corrected chi connectivity index (χ3v) is 5.14. The van der Waals surface area contributed by atoms with Crippen LogP contribution in [0.1, 0.15) is 62.8 Å². The molecular formula is C18H24O. The topological polar surface area (TPSA) is 17.1 Å². The van der Waals surface area contributed by atoms with E-state index < -0.39 is 0 Å². The number of hydrogen-bond acceptors (Lipinski definition) is 1. The van der Waals surface area contributed by atoms with Gasteiger partial charge < -0.3 is 0 Å². The Morgan fingerprint density at radius 2 is 1.53 bits per heavy atom. The SMILES string of the molecule is O=C1[C@@H](c2ccccc2)CCC[C@@H]1C1CCCCC1. The lowest BCUT2D eigenvalue weighted by atomic mass is 9.68. The van der Waals surface area contributed by atoms with Gasteiger partial charge in [0.25, 0.3) is 0 Å². The Balaban J connectivity index is 1.75. The summed E-state index contributed by atoms with van der Waals surface area (Å²) in [6.45, 7) is 0. The number of carbonyl (C=O) groups is 1. The lowest BCUT2D eigenvalue weighted by Crippen LogP contribution is -2.33. The number of carbonyl (C=O) groups excluding carboxylic acids is 1. The maximum atomic E-state index is 12.8. The van der Waals surface area contributed by atoms with Gasteiger partial charge in [-0.05, 0) is 37.2 Å². The van der Waals surface area contributed by atoms with Crippen LogP contribution in [0.25, 0.3) is 0 Å². The Bertz CT molecular complexity index is 417. The zero-order valence-electron chi connectivity index (χ0n) is 11.7. The van der Waals surface area contributed by atoms with Gasteiger partial charge in [-0.25, -0.2) is 0 Å². The summed E-state index contributed by atoms with van der Waals surface area (Å²) in [5.74, 6) is 1.78. The van der Waals surface area contributed by atoms with Gasteiger partial charge in [-0.15, -0.1) is 0 Å². The van der Waals surface area contributed by atoms with Crippen LogP contribution < -0.4 is 0 Å². The summed E-state index contributed by atoms with van der Waals surface area (Å²) in [7, 11) is 0. The quantitative estimate of drug-likeness (QED) is 0.748. The van der Waals surface area contributed by atoms with Crippen molar-refractivity contribution in [3.63, 3.8) is 0 Å². The second kappa shape index (κ2) is 5.90. The summed E-state index contributed by atoms with van der Waals surface area (Å²) < 4.78 is 0. The predicted octanol–water partition coefficient (Wildman–Crippen LogP) is 4.72. The van der Waals surface area contributed by atoms with E-state index in [4.69, 9.17) is 0 Å². The molecule has 0 N–H and O–H groups in total. The third kappa shape index (κ3) is 2.75. The van der Waals surface area contributed by atoms with Gasteiger partial charge >= 0.3 is 0 Å². The molecule has 102 valence electrons. The average Bonchev–Trinajstić information content (AvgIpc) is 2.49. The van der Waals surface area contributed by atoms with Crippen LogP contribution in [-0.2, 0) is 4.79 Å². The van der Waals surface area contributed by atoms with Crippen molar-refractivity contribution < 1.29 is 4.79 Å². The minimum absolute atomic E-state index is 0.182. The lowest BCUT2D eigenvalue weighted by molar-refractivity contribution is -0.128. The molecule has 0 saturated heterocycles. The van der Waals surface area contributed by atoms with Gasteiger partial charge in [0.1, 0.15) is 5.78 Å². The average molecular weight is 256 g/mol. The fourth-order valence-corrected chi connectivity index (χ4v) is 4.11. The number of Topliss-reactive ketones (excluding diaryl/α,β-unsaturated/α-hetero) is 1. The van der Waals surface area contributed by atoms with Crippen LogP contribution in [-0.4, -0.2) is 5.78 Å². The normalized spacial score (nSPS) is 29.4. The molecule has 0 unspecified atom stereocenters. The Morgan fingerprint density at radius 3 is 2.26 bits per heavy atom. The molecule has 1 aromatic carbocycles. The van der Waals surface area contributed by atoms with E-state index in [1.54, 1.807) is 0 Å². The molecule has 0 aromatic heterocycles. The van der Waals surface area contributed by atoms with E-state index in [0.717, 1.165) is 12.8 Å². The third-order valence-electron chi connectivity index (χ3n) is 5.14. The van der Waals surface area contributed by atoms with Crippen LogP contribution >= 0.6 is 0 Å². The highest BCUT2D eigenvalue weighted by molar-refractivity contribution is 5.88. The minimum Gasteiger partial charge on any atom is -0.299 e. The van der Waals surface area contributed by atoms with Crippen LogP contribution in [0.4, 0.5) is 0 Å². The first-order chi connectivity index (χ1) is 9.36. The maximum absolute atomic E-state index is 12.8. The van der Waals surface area contributed by atoms with Crippen molar-refractivity contribution in [2.24, 2.45) is 11.8 Å². The first kappa shape index (κ1) is 12.9. The number of ketones is 1. The van der Waals surface area contributed by atoms with Gasteiger partial charge in [-0.3, -0.25) is 4.79 Å². The first-order valence-electron chi connectivity index (χ1n) is 7.95. The molecule has 2 atom stereocenters. The Hall–Kier alpha value is -1.11. The zero-order valence-corrected chi connectivity index (χ0v) is 11.7. The van der Waals surface area contributed by atoms with Crippen molar-refractivity contribution in [3.8, 4) is 0 Å². The van der Waals surface area contributed by atoms with Crippen LogP contribution in [0.2, 0.25) is 0 Å². The summed E-state index contributed by atoms with van der Waals surface area (Å²) in [4.78, 5) is 12.8. The van der Waals surface area contributed by atoms with E-state index in [2.05, 4.69) is 24.3 Å². The Morgan fingerprint density at radius 1 is 0.789 bits per heavy atom. The highest BCUT2D eigenvalue weighted by atomic mass is 16.1. The maximum Gasteiger partial charge on any atom is 0.143 e. The molecule has 1 nitrogen and oxygen atoms in total. The molecule has 19 heavy (non-hydrogen) atoms. The number of benzene rings is 1. The van der Waals surface area contributed by atoms with E-state index in [-0.39, 0.29) is 5.92 Å². The van der Waals surface area contributed by atoms with Crippen molar-refractivity contribution in [2.75, 3.05) is 0 Å². The van der Waals surface area contributed by atoms with Crippen LogP contribution in [0.3, 0.4) is 0 Å². The molecule has 1 heteroatoms. The van der Waals surface area contributed by atoms with Gasteiger partial charge in [0.2, 0.25) is 0 Å². The predicted molar refractivity (Wildman–Crippen MR) is 78.1 cm³/mol. The summed E-state index contributed by atoms with van der Waals surface area (Å²) >= 11 is 0. The molecule has 0 aliphatic heterocycles. The van der Waals surface area contributed by atoms with Crippen LogP contribution in [0, 0.1) is 11.8 Å². The largest absolute Gasteiger partial charge is 0.299 e. The van der Waals surface area contributed by atoms with E-state index in [1.165, 1.54) is 44.1 Å². The second-order valence-electron chi connectivity index (χ2n) is 6.30. The lowest BCUT2D eigenvalue weighted by Gasteiger charge is -2.35. The molecular weight excluding hydrogens is 232 g/mol. The molecule has 0 spiro atoms. The molecule has 0 amide bonds. The highest BCUT2D eigenvalue weighted by Gasteiger charge is 2.36. The van der Waals surface area contributed by atoms with E-state index in [9.17, 15) is 4.79 Å². The van der Waals surface area contributed by atoms with Gasteiger partial charge in [0.05, 0.1) is 0 Å². The van der Waals surface area contributed by atoms with Crippen LogP contribution in [0.15, 0.2) is 30.3 Å². The summed E-state index contributed by atoms with van der Waals surface area (Å²) in [6.07, 6.45) is 10.1. The first-order valence-corrected chi connectivity index (χ1v) is 7.95. The van der Waals surface area contributed by atoms with Crippen LogP contribution in [0.5, 0.6) is 0 Å². The standard InChI is InChI=1S/C18H24O/c19-18-16(14-8-3-1-4-9-14)12-7-13-17(18)15-10-5-2-6-11-15/h1,3-4,8-9,15-17H,2,5-7,10-13H2/t16-,17-/m1/s1. The van der Waals surface area contributed by atoms with Crippen molar-refractivity contribution in [1.29, 1.82) is 0 Å². The monoisotopic (exact) mass is 256 g/mol. The molecule has 1 aromatic rings. The van der Waals surface area contributed by atoms with Gasteiger partial charge in [0.15, 0.2) is 0 Å². The van der Waals surface area contributed by atoms with Crippen molar-refractivity contribution in [3.05, 3.63) is 35.9 Å². The van der Waals surface area contributed by atoms with Gasteiger partial charge in [0, 0.05) is 11.8 Å². The molecule has 2 aliphatic carbocycles. The zero-order chi connectivity index (χ0) is 13.1. The summed E-state index contributed by atoms with van der Waals surface area (Å²) in [5, 5.41) is 0. The minimum atomic E-state index is 0.182. The van der Waals surface area contributed by atoms with Gasteiger partial charge in [-0.2, -0.15) is 0 Å². The highest BCUT2D eigenvalue weighted by Crippen LogP contribution is 2.41. The van der Waals surface area contributed by atoms with E-state index in [0.29, 0.717) is 17.6 Å². The summed E-state index contributed by atoms with van der Waals surface area (Å²) in [6, 6.07) is 10.4. The molecule has 2 aliphatic rings. The Kier molecular flexibility index (Phi) is 4.00. The molecule has 0 radical (unpaired) electrons. The second-order valence-corrected chi connectivity index (χ2v) is 6.30. The molecule has 2 saturated carbocycles. The van der Waals surface area contributed by atoms with E-state index in [1.807, 2.05) is 6.07 Å². The number of rotatable bonds is 2. The van der Waals surface area contributed by atoms with Crippen molar-refractivity contribution >= 4 is 5.78 Å². The van der Waals surface area contributed by atoms with E-state index >= 15 is 0 Å². The molecule has 3 rings (SSSR count). The fraction of sp³-hybridized carbons (Fsp3) is 0.611. The van der Waals surface area contributed by atoms with Gasteiger partial charge in [-0.1, -0.05) is 56.0 Å². The van der Waals surface area contributed by atoms with Crippen molar-refractivity contribution in [1.82, 2.24) is 0 Å².